The molecule has 0 aliphatic carbocycles. The highest BCUT2D eigenvalue weighted by molar-refractivity contribution is 7.86. The fraction of sp³-hybridized carbons (Fsp3) is 0.812. The first-order chi connectivity index (χ1) is 20.4. The van der Waals surface area contributed by atoms with Crippen LogP contribution in [-0.2, 0) is 42.7 Å². The van der Waals surface area contributed by atoms with Crippen molar-refractivity contribution in [3.8, 4) is 0 Å². The number of unbranched alkanes of at least 4 members (excludes halogenated alkanes) is 4. The van der Waals surface area contributed by atoms with Gasteiger partial charge in [-0.3, -0.25) is 4.18 Å². The van der Waals surface area contributed by atoms with Gasteiger partial charge in [-0.1, -0.05) is 71.1 Å². The van der Waals surface area contributed by atoms with Gasteiger partial charge in [0.05, 0.1) is 44.5 Å². The molecule has 0 radical (unpaired) electrons. The molecule has 10 heteroatoms. The molecule has 0 heterocycles. The van der Waals surface area contributed by atoms with Gasteiger partial charge < -0.3 is 28.4 Å². The second kappa shape index (κ2) is 25.2. The second-order valence-corrected chi connectivity index (χ2v) is 12.2. The molecular formula is C32H58O9S. The van der Waals surface area contributed by atoms with E-state index in [4.69, 9.17) is 32.6 Å². The SMILES string of the molecule is CCCCOCC(COCC(COCC(COS(=O)(=O)c1ccc(C)cc1)OCCCC)OCCCC)OCCCC. The Bertz CT molecular complexity index is 848. The van der Waals surface area contributed by atoms with Crippen molar-refractivity contribution >= 4 is 10.1 Å². The Kier molecular flexibility index (Phi) is 23.4. The molecule has 42 heavy (non-hydrogen) atoms. The molecule has 1 aromatic rings. The topological polar surface area (TPSA) is 98.8 Å². The fourth-order valence-corrected chi connectivity index (χ4v) is 4.61. The molecule has 9 nitrogen and oxygen atoms in total. The van der Waals surface area contributed by atoms with Gasteiger partial charge in [-0.25, -0.2) is 0 Å². The van der Waals surface area contributed by atoms with E-state index in [1.54, 1.807) is 24.3 Å². The highest BCUT2D eigenvalue weighted by atomic mass is 32.2. The summed E-state index contributed by atoms with van der Waals surface area (Å²) in [6.45, 7) is 14.5. The van der Waals surface area contributed by atoms with Crippen LogP contribution in [-0.4, -0.2) is 92.8 Å². The Balaban J connectivity index is 2.65. The van der Waals surface area contributed by atoms with E-state index in [9.17, 15) is 8.42 Å². The fourth-order valence-electron chi connectivity index (χ4n) is 3.68. The molecule has 1 rings (SSSR count). The van der Waals surface area contributed by atoms with Gasteiger partial charge in [-0.05, 0) is 44.7 Å². The van der Waals surface area contributed by atoms with E-state index >= 15 is 0 Å². The Labute approximate surface area is 256 Å². The summed E-state index contributed by atoms with van der Waals surface area (Å²) in [6, 6.07) is 6.58. The minimum absolute atomic E-state index is 0.121. The van der Waals surface area contributed by atoms with Crippen molar-refractivity contribution in [2.24, 2.45) is 0 Å². The Hall–Kier alpha value is -1.11. The minimum Gasteiger partial charge on any atom is -0.379 e. The Morgan fingerprint density at radius 1 is 0.548 bits per heavy atom. The van der Waals surface area contributed by atoms with E-state index in [2.05, 4.69) is 27.7 Å². The van der Waals surface area contributed by atoms with E-state index in [1.807, 2.05) is 6.92 Å². The van der Waals surface area contributed by atoms with Gasteiger partial charge in [0.1, 0.15) is 18.3 Å². The highest BCUT2D eigenvalue weighted by Gasteiger charge is 2.21. The molecule has 3 unspecified atom stereocenters. The third kappa shape index (κ3) is 19.2. The summed E-state index contributed by atoms with van der Waals surface area (Å²) in [5, 5.41) is 0. The summed E-state index contributed by atoms with van der Waals surface area (Å²) >= 11 is 0. The van der Waals surface area contributed by atoms with E-state index in [1.165, 1.54) is 0 Å². The minimum atomic E-state index is -3.90. The zero-order valence-electron chi connectivity index (χ0n) is 26.9. The molecule has 0 N–H and O–H groups in total. The van der Waals surface area contributed by atoms with Gasteiger partial charge in [-0.15, -0.1) is 0 Å². The van der Waals surface area contributed by atoms with Crippen LogP contribution in [0, 0.1) is 6.92 Å². The molecule has 0 saturated carbocycles. The highest BCUT2D eigenvalue weighted by Crippen LogP contribution is 2.14. The molecule has 246 valence electrons. The number of ether oxygens (including phenoxy) is 6. The quantitative estimate of drug-likeness (QED) is 0.0778. The van der Waals surface area contributed by atoms with Crippen molar-refractivity contribution in [1.29, 1.82) is 0 Å². The van der Waals surface area contributed by atoms with E-state index in [-0.39, 0.29) is 36.9 Å². The van der Waals surface area contributed by atoms with Crippen molar-refractivity contribution in [3.05, 3.63) is 29.8 Å². The number of benzene rings is 1. The number of hydrogen-bond acceptors (Lipinski definition) is 9. The van der Waals surface area contributed by atoms with E-state index < -0.39 is 16.2 Å². The summed E-state index contributed by atoms with van der Waals surface area (Å²) in [5.41, 5.74) is 0.975. The molecule has 0 amide bonds. The summed E-state index contributed by atoms with van der Waals surface area (Å²) in [6.07, 6.45) is 7.04. The van der Waals surface area contributed by atoms with Gasteiger partial charge in [-0.2, -0.15) is 8.42 Å². The van der Waals surface area contributed by atoms with Gasteiger partial charge >= 0.3 is 0 Å². The van der Waals surface area contributed by atoms with Crippen LogP contribution < -0.4 is 0 Å². The Morgan fingerprint density at radius 3 is 1.36 bits per heavy atom. The number of rotatable bonds is 29. The van der Waals surface area contributed by atoms with Crippen LogP contribution in [0.2, 0.25) is 0 Å². The third-order valence-corrected chi connectivity index (χ3v) is 7.73. The van der Waals surface area contributed by atoms with Crippen molar-refractivity contribution in [2.75, 3.05) is 66.1 Å². The molecule has 0 aromatic heterocycles. The maximum atomic E-state index is 12.7. The van der Waals surface area contributed by atoms with Crippen LogP contribution in [0.1, 0.15) is 84.6 Å². The van der Waals surface area contributed by atoms with Gasteiger partial charge in [0.25, 0.3) is 10.1 Å². The molecule has 0 aliphatic heterocycles. The average Bonchev–Trinajstić information content (AvgIpc) is 2.97. The lowest BCUT2D eigenvalue weighted by atomic mass is 10.2. The molecule has 0 fully saturated rings. The molecule has 1 aromatic carbocycles. The van der Waals surface area contributed by atoms with Crippen molar-refractivity contribution in [1.82, 2.24) is 0 Å². The van der Waals surface area contributed by atoms with Gasteiger partial charge in [0.2, 0.25) is 0 Å². The largest absolute Gasteiger partial charge is 0.379 e. The number of aryl methyl sites for hydroxylation is 1. The maximum Gasteiger partial charge on any atom is 0.297 e. The van der Waals surface area contributed by atoms with Crippen LogP contribution in [0.25, 0.3) is 0 Å². The van der Waals surface area contributed by atoms with Gasteiger partial charge in [0, 0.05) is 26.4 Å². The van der Waals surface area contributed by atoms with E-state index in [0.29, 0.717) is 39.6 Å². The number of hydrogen-bond donors (Lipinski definition) is 0. The molecule has 0 spiro atoms. The predicted octanol–water partition coefficient (Wildman–Crippen LogP) is 6.11. The van der Waals surface area contributed by atoms with Crippen LogP contribution in [0.15, 0.2) is 29.2 Å². The molecule has 0 saturated heterocycles. The normalized spacial score (nSPS) is 14.2. The molecular weight excluding hydrogens is 560 g/mol. The summed E-state index contributed by atoms with van der Waals surface area (Å²) in [5.74, 6) is 0. The maximum absolute atomic E-state index is 12.7. The summed E-state index contributed by atoms with van der Waals surface area (Å²) in [7, 11) is -3.90. The first kappa shape index (κ1) is 38.9. The van der Waals surface area contributed by atoms with Crippen molar-refractivity contribution in [3.63, 3.8) is 0 Å². The standard InChI is InChI=1S/C32H58O9S/c1-6-10-18-35-22-29(38-19-11-7-2)23-36-24-30(39-20-12-8-3)25-37-26-31(40-21-13-9-4)27-41-42(33,34)32-16-14-28(5)15-17-32/h14-17,29-31H,6-13,18-27H2,1-5H3. The lowest BCUT2D eigenvalue weighted by molar-refractivity contribution is -0.105. The van der Waals surface area contributed by atoms with Crippen molar-refractivity contribution < 1.29 is 41.0 Å². The lowest BCUT2D eigenvalue weighted by Gasteiger charge is -2.23. The monoisotopic (exact) mass is 618 g/mol. The summed E-state index contributed by atoms with van der Waals surface area (Å²) in [4.78, 5) is 0.121. The zero-order chi connectivity index (χ0) is 30.9. The first-order valence-corrected chi connectivity index (χ1v) is 17.3. The van der Waals surface area contributed by atoms with Crippen LogP contribution in [0.5, 0.6) is 0 Å². The van der Waals surface area contributed by atoms with Crippen molar-refractivity contribution in [2.45, 2.75) is 109 Å². The van der Waals surface area contributed by atoms with Gasteiger partial charge in [0.15, 0.2) is 0 Å². The molecule has 0 aliphatic rings. The van der Waals surface area contributed by atoms with Crippen LogP contribution >= 0.6 is 0 Å². The molecule has 0 bridgehead atoms. The second-order valence-electron chi connectivity index (χ2n) is 10.6. The zero-order valence-corrected chi connectivity index (χ0v) is 27.7. The third-order valence-electron chi connectivity index (χ3n) is 6.43. The lowest BCUT2D eigenvalue weighted by Crippen LogP contribution is -2.33. The Morgan fingerprint density at radius 2 is 0.929 bits per heavy atom. The molecule has 3 atom stereocenters. The first-order valence-electron chi connectivity index (χ1n) is 15.9. The van der Waals surface area contributed by atoms with Crippen LogP contribution in [0.3, 0.4) is 0 Å². The average molecular weight is 619 g/mol. The van der Waals surface area contributed by atoms with E-state index in [0.717, 1.165) is 63.5 Å². The predicted molar refractivity (Wildman–Crippen MR) is 166 cm³/mol. The summed E-state index contributed by atoms with van der Waals surface area (Å²) < 4.78 is 66.5. The van der Waals surface area contributed by atoms with Crippen LogP contribution in [0.4, 0.5) is 0 Å². The smallest absolute Gasteiger partial charge is 0.297 e.